The number of aromatic nitrogens is 2. The lowest BCUT2D eigenvalue weighted by molar-refractivity contribution is -0.271. The largest absolute Gasteiger partial charge is 0.425 e. The Kier molecular flexibility index (Phi) is 3.77. The standard InChI is InChI=1S/C12H16F3N3O2/c1-17-7-4-16-10(17)11(20,12(13,14)15)8-9(19)18-5-2-3-6-18/h4,7,20H,2-3,5-6,8H2,1H3. The van der Waals surface area contributed by atoms with E-state index in [0.717, 1.165) is 23.6 Å². The summed E-state index contributed by atoms with van der Waals surface area (Å²) >= 11 is 0. The SMILES string of the molecule is Cn1ccnc1C(O)(CC(=O)N1CCCC1)C(F)(F)F. The summed E-state index contributed by atoms with van der Waals surface area (Å²) in [4.78, 5) is 16.8. The molecule has 1 N–H and O–H groups in total. The molecule has 1 aromatic rings. The molecule has 20 heavy (non-hydrogen) atoms. The van der Waals surface area contributed by atoms with Crippen molar-refractivity contribution in [1.82, 2.24) is 14.5 Å². The fourth-order valence-electron chi connectivity index (χ4n) is 2.37. The second-order valence-corrected chi connectivity index (χ2v) is 4.98. The van der Waals surface area contributed by atoms with Gasteiger partial charge in [-0.2, -0.15) is 13.2 Å². The Labute approximate surface area is 114 Å². The van der Waals surface area contributed by atoms with Crippen LogP contribution in [-0.2, 0) is 17.4 Å². The van der Waals surface area contributed by atoms with E-state index in [1.54, 1.807) is 0 Å². The van der Waals surface area contributed by atoms with Crippen molar-refractivity contribution in [3.05, 3.63) is 18.2 Å². The Morgan fingerprint density at radius 1 is 1.40 bits per heavy atom. The van der Waals surface area contributed by atoms with E-state index in [2.05, 4.69) is 4.98 Å². The quantitative estimate of drug-likeness (QED) is 0.910. The predicted octanol–water partition coefficient (Wildman–Crippen LogP) is 1.18. The second kappa shape index (κ2) is 5.08. The molecular formula is C12H16F3N3O2. The maximum absolute atomic E-state index is 13.2. The monoisotopic (exact) mass is 291 g/mol. The molecule has 1 unspecified atom stereocenters. The Morgan fingerprint density at radius 3 is 2.45 bits per heavy atom. The first-order valence-electron chi connectivity index (χ1n) is 6.30. The molecule has 112 valence electrons. The first kappa shape index (κ1) is 14.8. The van der Waals surface area contributed by atoms with Crippen LogP contribution < -0.4 is 0 Å². The van der Waals surface area contributed by atoms with E-state index in [1.807, 2.05) is 0 Å². The van der Waals surface area contributed by atoms with Crippen LogP contribution >= 0.6 is 0 Å². The molecule has 1 saturated heterocycles. The predicted molar refractivity (Wildman–Crippen MR) is 63.6 cm³/mol. The number of alkyl halides is 3. The second-order valence-electron chi connectivity index (χ2n) is 4.98. The lowest BCUT2D eigenvalue weighted by Crippen LogP contribution is -2.48. The van der Waals surface area contributed by atoms with E-state index in [9.17, 15) is 23.1 Å². The zero-order valence-corrected chi connectivity index (χ0v) is 11.0. The van der Waals surface area contributed by atoms with Gasteiger partial charge >= 0.3 is 6.18 Å². The summed E-state index contributed by atoms with van der Waals surface area (Å²) in [6, 6.07) is 0. The molecule has 1 amide bonds. The minimum Gasteiger partial charge on any atom is -0.374 e. The molecule has 1 atom stereocenters. The zero-order chi connectivity index (χ0) is 15.0. The fourth-order valence-corrected chi connectivity index (χ4v) is 2.37. The molecule has 2 rings (SSSR count). The molecule has 1 aliphatic rings. The first-order valence-corrected chi connectivity index (χ1v) is 6.30. The summed E-state index contributed by atoms with van der Waals surface area (Å²) in [5.41, 5.74) is -3.26. The lowest BCUT2D eigenvalue weighted by atomic mass is 9.97. The van der Waals surface area contributed by atoms with E-state index in [1.165, 1.54) is 18.1 Å². The highest BCUT2D eigenvalue weighted by atomic mass is 19.4. The Morgan fingerprint density at radius 2 is 2.00 bits per heavy atom. The van der Waals surface area contributed by atoms with Crippen molar-refractivity contribution in [2.24, 2.45) is 7.05 Å². The molecule has 2 heterocycles. The van der Waals surface area contributed by atoms with Gasteiger partial charge < -0.3 is 14.6 Å². The summed E-state index contributed by atoms with van der Waals surface area (Å²) in [5.74, 6) is -1.28. The van der Waals surface area contributed by atoms with E-state index >= 15 is 0 Å². The third-order valence-corrected chi connectivity index (χ3v) is 3.53. The van der Waals surface area contributed by atoms with Crippen molar-refractivity contribution in [2.75, 3.05) is 13.1 Å². The van der Waals surface area contributed by atoms with Gasteiger partial charge in [-0.3, -0.25) is 4.79 Å². The minimum atomic E-state index is -4.97. The highest BCUT2D eigenvalue weighted by molar-refractivity contribution is 5.77. The van der Waals surface area contributed by atoms with Crippen molar-refractivity contribution in [3.8, 4) is 0 Å². The number of hydrogen-bond donors (Lipinski definition) is 1. The number of aliphatic hydroxyl groups is 1. The van der Waals surface area contributed by atoms with Crippen LogP contribution in [0.2, 0.25) is 0 Å². The van der Waals surface area contributed by atoms with Crippen molar-refractivity contribution in [1.29, 1.82) is 0 Å². The van der Waals surface area contributed by atoms with Crippen LogP contribution in [0.1, 0.15) is 25.1 Å². The molecule has 0 radical (unpaired) electrons. The van der Waals surface area contributed by atoms with Gasteiger partial charge in [0.1, 0.15) is 0 Å². The molecule has 0 aliphatic carbocycles. The topological polar surface area (TPSA) is 58.4 Å². The minimum absolute atomic E-state index is 0.438. The molecule has 1 fully saturated rings. The lowest BCUT2D eigenvalue weighted by Gasteiger charge is -2.30. The maximum atomic E-state index is 13.2. The number of carbonyl (C=O) groups excluding carboxylic acids is 1. The van der Waals surface area contributed by atoms with Crippen molar-refractivity contribution in [3.63, 3.8) is 0 Å². The van der Waals surface area contributed by atoms with Gasteiger partial charge in [-0.1, -0.05) is 0 Å². The van der Waals surface area contributed by atoms with Gasteiger partial charge in [-0.05, 0) is 12.8 Å². The van der Waals surface area contributed by atoms with Gasteiger partial charge in [-0.15, -0.1) is 0 Å². The number of likely N-dealkylation sites (tertiary alicyclic amines) is 1. The van der Waals surface area contributed by atoms with Crippen LogP contribution in [0, 0.1) is 0 Å². The van der Waals surface area contributed by atoms with Crippen LogP contribution in [0.4, 0.5) is 13.2 Å². The molecule has 8 heteroatoms. The summed E-state index contributed by atoms with van der Waals surface area (Å²) in [6.07, 6.45) is -2.00. The number of aryl methyl sites for hydroxylation is 1. The van der Waals surface area contributed by atoms with Gasteiger partial charge in [0.2, 0.25) is 11.5 Å². The number of halogens is 3. The van der Waals surface area contributed by atoms with Crippen LogP contribution in [0.15, 0.2) is 12.4 Å². The zero-order valence-electron chi connectivity index (χ0n) is 11.0. The summed E-state index contributed by atoms with van der Waals surface area (Å²) in [7, 11) is 1.35. The van der Waals surface area contributed by atoms with Crippen molar-refractivity contribution >= 4 is 5.91 Å². The van der Waals surface area contributed by atoms with Crippen LogP contribution in [0.3, 0.4) is 0 Å². The van der Waals surface area contributed by atoms with E-state index < -0.39 is 29.9 Å². The smallest absolute Gasteiger partial charge is 0.374 e. The number of rotatable bonds is 3. The molecule has 1 aromatic heterocycles. The molecule has 1 aliphatic heterocycles. The maximum Gasteiger partial charge on any atom is 0.425 e. The van der Waals surface area contributed by atoms with Gasteiger partial charge in [0.05, 0.1) is 6.42 Å². The van der Waals surface area contributed by atoms with Crippen LogP contribution in [0.25, 0.3) is 0 Å². The Balaban J connectivity index is 2.29. The molecule has 0 aromatic carbocycles. The number of nitrogens with zero attached hydrogens (tertiary/aromatic N) is 3. The highest BCUT2D eigenvalue weighted by Crippen LogP contribution is 2.41. The Bertz CT molecular complexity index is 494. The van der Waals surface area contributed by atoms with E-state index in [-0.39, 0.29) is 0 Å². The molecule has 0 bridgehead atoms. The molecule has 0 saturated carbocycles. The summed E-state index contributed by atoms with van der Waals surface area (Å²) in [6.45, 7) is 0.876. The average molecular weight is 291 g/mol. The number of amides is 1. The number of hydrogen-bond acceptors (Lipinski definition) is 3. The van der Waals surface area contributed by atoms with Crippen LogP contribution in [0.5, 0.6) is 0 Å². The summed E-state index contributed by atoms with van der Waals surface area (Å²) < 4.78 is 40.7. The number of carbonyl (C=O) groups is 1. The summed E-state index contributed by atoms with van der Waals surface area (Å²) in [5, 5.41) is 10.1. The first-order chi connectivity index (χ1) is 9.25. The van der Waals surface area contributed by atoms with Crippen molar-refractivity contribution < 1.29 is 23.1 Å². The highest BCUT2D eigenvalue weighted by Gasteiger charge is 2.59. The van der Waals surface area contributed by atoms with Gasteiger partial charge in [0.25, 0.3) is 0 Å². The molecular weight excluding hydrogens is 275 g/mol. The van der Waals surface area contributed by atoms with Crippen molar-refractivity contribution in [2.45, 2.75) is 31.0 Å². The van der Waals surface area contributed by atoms with E-state index in [4.69, 9.17) is 0 Å². The molecule has 5 nitrogen and oxygen atoms in total. The van der Waals surface area contributed by atoms with Crippen LogP contribution in [-0.4, -0.2) is 44.7 Å². The normalized spacial score (nSPS) is 19.1. The molecule has 0 spiro atoms. The fraction of sp³-hybridized carbons (Fsp3) is 0.667. The third-order valence-electron chi connectivity index (χ3n) is 3.53. The average Bonchev–Trinajstić information content (AvgIpc) is 2.97. The Hall–Kier alpha value is -1.57. The van der Waals surface area contributed by atoms with Gasteiger partial charge in [-0.25, -0.2) is 4.98 Å². The van der Waals surface area contributed by atoms with E-state index in [0.29, 0.717) is 13.1 Å². The third kappa shape index (κ3) is 2.52. The van der Waals surface area contributed by atoms with Gasteiger partial charge in [0, 0.05) is 32.5 Å². The number of imidazole rings is 1. The van der Waals surface area contributed by atoms with Gasteiger partial charge in [0.15, 0.2) is 5.82 Å².